The molecule has 3 amide bonds. The Morgan fingerprint density at radius 1 is 1.17 bits per heavy atom. The monoisotopic (exact) mass is 642 g/mol. The van der Waals surface area contributed by atoms with E-state index in [2.05, 4.69) is 16.5 Å². The van der Waals surface area contributed by atoms with Crippen molar-refractivity contribution in [2.75, 3.05) is 47.0 Å². The van der Waals surface area contributed by atoms with Crippen LogP contribution in [0.1, 0.15) is 75.7 Å². The van der Waals surface area contributed by atoms with E-state index in [1.54, 1.807) is 25.2 Å². The second-order valence-corrected chi connectivity index (χ2v) is 13.1. The molecule has 1 saturated heterocycles. The number of hydrogen-bond acceptors (Lipinski definition) is 9. The van der Waals surface area contributed by atoms with E-state index in [-0.39, 0.29) is 55.1 Å². The maximum Gasteiger partial charge on any atom is 0.317 e. The van der Waals surface area contributed by atoms with Gasteiger partial charge >= 0.3 is 6.03 Å². The number of phenols is 1. The Hall–Kier alpha value is -3.35. The Morgan fingerprint density at radius 3 is 2.63 bits per heavy atom. The summed E-state index contributed by atoms with van der Waals surface area (Å²) in [6, 6.07) is 3.74. The molecule has 5 rings (SSSR count). The molecule has 0 radical (unpaired) electrons. The molecule has 12 nitrogen and oxygen atoms in total. The third kappa shape index (κ3) is 6.84. The molecule has 254 valence electrons. The minimum absolute atomic E-state index is 0.0324. The van der Waals surface area contributed by atoms with Crippen molar-refractivity contribution >= 4 is 17.6 Å². The summed E-state index contributed by atoms with van der Waals surface area (Å²) in [6.45, 7) is 1.91. The minimum atomic E-state index is -1.81. The van der Waals surface area contributed by atoms with E-state index in [0.717, 1.165) is 49.8 Å². The largest absolute Gasteiger partial charge is 0.508 e. The van der Waals surface area contributed by atoms with E-state index in [1.165, 1.54) is 12.0 Å². The lowest BCUT2D eigenvalue weighted by Crippen LogP contribution is -2.69. The van der Waals surface area contributed by atoms with Crippen LogP contribution in [0.3, 0.4) is 0 Å². The molecule has 0 bridgehead atoms. The van der Waals surface area contributed by atoms with Gasteiger partial charge in [-0.3, -0.25) is 4.79 Å². The molecule has 4 aliphatic rings. The van der Waals surface area contributed by atoms with Gasteiger partial charge in [-0.2, -0.15) is 0 Å². The topological polar surface area (TPSA) is 164 Å². The zero-order chi connectivity index (χ0) is 32.8. The maximum absolute atomic E-state index is 13.6. The molecule has 0 aromatic heterocycles. The van der Waals surface area contributed by atoms with Gasteiger partial charge in [-0.05, 0) is 74.1 Å². The van der Waals surface area contributed by atoms with Gasteiger partial charge in [0.25, 0.3) is 0 Å². The van der Waals surface area contributed by atoms with Crippen LogP contribution in [-0.2, 0) is 9.63 Å². The molecule has 2 aliphatic carbocycles. The first-order valence-electron chi connectivity index (χ1n) is 16.8. The number of allylic oxidation sites excluding steroid dienone is 1. The molecule has 12 heteroatoms. The van der Waals surface area contributed by atoms with Crippen molar-refractivity contribution in [1.82, 2.24) is 15.1 Å². The van der Waals surface area contributed by atoms with Gasteiger partial charge in [0.1, 0.15) is 24.7 Å². The number of unbranched alkanes of at least 4 members (excludes halogenated alkanes) is 2. The van der Waals surface area contributed by atoms with Crippen molar-refractivity contribution in [1.29, 1.82) is 0 Å². The van der Waals surface area contributed by atoms with Crippen LogP contribution in [0.2, 0.25) is 0 Å². The zero-order valence-corrected chi connectivity index (χ0v) is 27.1. The number of ether oxygens (including phenoxy) is 1. The molecular formula is C34H50N4O8. The molecule has 0 spiro atoms. The smallest absolute Gasteiger partial charge is 0.317 e. The SMILES string of the molecule is CON=C1CC(N(C)C(=O)NCCCN2CCCC2=O)C2(O)Oc3ccc(O)cc3C3C(CCCCO)C(CCCCO)C=C1C32. The van der Waals surface area contributed by atoms with Gasteiger partial charge in [0.05, 0.1) is 11.6 Å². The summed E-state index contributed by atoms with van der Waals surface area (Å²) < 4.78 is 6.51. The van der Waals surface area contributed by atoms with Crippen molar-refractivity contribution in [2.45, 2.75) is 82.0 Å². The highest BCUT2D eigenvalue weighted by molar-refractivity contribution is 6.03. The second kappa shape index (κ2) is 15.0. The number of likely N-dealkylation sites (tertiary alicyclic amines) is 1. The van der Waals surface area contributed by atoms with Gasteiger partial charge in [-0.15, -0.1) is 0 Å². The lowest BCUT2D eigenvalue weighted by Gasteiger charge is -2.58. The van der Waals surface area contributed by atoms with E-state index in [1.807, 2.05) is 4.90 Å². The highest BCUT2D eigenvalue weighted by Crippen LogP contribution is 2.60. The summed E-state index contributed by atoms with van der Waals surface area (Å²) in [4.78, 5) is 34.2. The quantitative estimate of drug-likeness (QED) is 0.153. The zero-order valence-electron chi connectivity index (χ0n) is 27.1. The molecule has 6 atom stereocenters. The van der Waals surface area contributed by atoms with Gasteiger partial charge in [-0.25, -0.2) is 4.79 Å². The number of aromatic hydroxyl groups is 1. The number of benzene rings is 1. The van der Waals surface area contributed by atoms with Crippen LogP contribution in [0.4, 0.5) is 4.79 Å². The minimum Gasteiger partial charge on any atom is -0.508 e. The van der Waals surface area contributed by atoms with E-state index in [4.69, 9.17) is 9.57 Å². The third-order valence-corrected chi connectivity index (χ3v) is 10.3. The Labute approximate surface area is 271 Å². The Balaban J connectivity index is 1.49. The highest BCUT2D eigenvalue weighted by atomic mass is 16.6. The number of rotatable bonds is 14. The van der Waals surface area contributed by atoms with Crippen LogP contribution < -0.4 is 10.1 Å². The Morgan fingerprint density at radius 2 is 1.93 bits per heavy atom. The van der Waals surface area contributed by atoms with E-state index in [0.29, 0.717) is 50.2 Å². The summed E-state index contributed by atoms with van der Waals surface area (Å²) in [6.07, 6.45) is 8.96. The van der Waals surface area contributed by atoms with Crippen LogP contribution in [-0.4, -0.2) is 107 Å². The molecule has 5 N–H and O–H groups in total. The van der Waals surface area contributed by atoms with E-state index in [9.17, 15) is 30.0 Å². The predicted molar refractivity (Wildman–Crippen MR) is 171 cm³/mol. The number of urea groups is 1. The Bertz CT molecular complexity index is 1300. The number of amides is 3. The summed E-state index contributed by atoms with van der Waals surface area (Å²) in [5.41, 5.74) is 2.24. The molecule has 6 unspecified atom stereocenters. The van der Waals surface area contributed by atoms with Crippen molar-refractivity contribution in [2.24, 2.45) is 22.9 Å². The number of carbonyl (C=O) groups excluding carboxylic acids is 2. The van der Waals surface area contributed by atoms with Gasteiger partial charge in [0, 0.05) is 64.2 Å². The number of fused-ring (bicyclic) bond motifs is 2. The molecule has 1 aromatic carbocycles. The number of nitrogens with zero attached hydrogens (tertiary/aromatic N) is 3. The fourth-order valence-corrected chi connectivity index (χ4v) is 8.14. The predicted octanol–water partition coefficient (Wildman–Crippen LogP) is 3.10. The maximum atomic E-state index is 13.6. The normalized spacial score (nSPS) is 29.1. The lowest BCUT2D eigenvalue weighted by atomic mass is 9.55. The lowest BCUT2D eigenvalue weighted by molar-refractivity contribution is -0.226. The second-order valence-electron chi connectivity index (χ2n) is 13.1. The average molecular weight is 643 g/mol. The van der Waals surface area contributed by atoms with Gasteiger partial charge in [0.2, 0.25) is 11.7 Å². The van der Waals surface area contributed by atoms with Gasteiger partial charge in [0.15, 0.2) is 0 Å². The van der Waals surface area contributed by atoms with Gasteiger partial charge < -0.3 is 45.1 Å². The number of likely N-dealkylation sites (N-methyl/N-ethyl adjacent to an activating group) is 1. The fourth-order valence-electron chi connectivity index (χ4n) is 8.14. The van der Waals surface area contributed by atoms with Crippen molar-refractivity contribution in [3.63, 3.8) is 0 Å². The van der Waals surface area contributed by atoms with Crippen LogP contribution in [0.25, 0.3) is 0 Å². The first kappa shape index (κ1) is 34.0. The first-order valence-corrected chi connectivity index (χ1v) is 16.8. The van der Waals surface area contributed by atoms with Crippen LogP contribution in [0.15, 0.2) is 35.0 Å². The summed E-state index contributed by atoms with van der Waals surface area (Å²) in [7, 11) is 3.12. The summed E-state index contributed by atoms with van der Waals surface area (Å²) >= 11 is 0. The number of hydrogen-bond donors (Lipinski definition) is 5. The third-order valence-electron chi connectivity index (χ3n) is 10.3. The molecular weight excluding hydrogens is 592 g/mol. The number of carbonyl (C=O) groups is 2. The van der Waals surface area contributed by atoms with Crippen LogP contribution >= 0.6 is 0 Å². The van der Waals surface area contributed by atoms with Crippen molar-refractivity contribution in [3.05, 3.63) is 35.4 Å². The molecule has 2 heterocycles. The summed E-state index contributed by atoms with van der Waals surface area (Å²) in [5, 5.41) is 49.8. The van der Waals surface area contributed by atoms with Crippen LogP contribution in [0.5, 0.6) is 11.5 Å². The number of phenolic OH excluding ortho intramolecular Hbond substituents is 1. The van der Waals surface area contributed by atoms with Crippen molar-refractivity contribution in [3.8, 4) is 11.5 Å². The van der Waals surface area contributed by atoms with Crippen molar-refractivity contribution < 1.29 is 39.6 Å². The summed E-state index contributed by atoms with van der Waals surface area (Å²) in [5.74, 6) is -1.88. The highest BCUT2D eigenvalue weighted by Gasteiger charge is 2.63. The molecule has 1 saturated carbocycles. The molecule has 2 fully saturated rings. The number of nitrogens with one attached hydrogen (secondary N) is 1. The number of aliphatic hydroxyl groups is 3. The average Bonchev–Trinajstić information content (AvgIpc) is 3.45. The molecule has 46 heavy (non-hydrogen) atoms. The Kier molecular flexibility index (Phi) is 11.1. The van der Waals surface area contributed by atoms with E-state index < -0.39 is 17.7 Å². The van der Waals surface area contributed by atoms with E-state index >= 15 is 0 Å². The van der Waals surface area contributed by atoms with Crippen LogP contribution in [0, 0.1) is 17.8 Å². The number of aliphatic hydroxyl groups excluding tert-OH is 2. The molecule has 1 aromatic rings. The molecule has 2 aliphatic heterocycles. The first-order chi connectivity index (χ1) is 22.2. The fraction of sp³-hybridized carbons (Fsp3) is 0.676. The standard InChI is InChI=1S/C34H50N4O8/c1-37(33(43)35-14-8-16-38-15-7-11-30(38)42)29-21-27(36-45-2)25-19-22(9-3-5-17-39)24(10-4-6-18-40)31-26-20-23(41)12-13-28(26)46-34(29,44)32(25)31/h12-13,19-20,22,24,29,31-32,39-41,44H,3-11,14-18,21H2,1-2H3,(H,35,43). The number of oxime groups is 1. The van der Waals surface area contributed by atoms with Gasteiger partial charge in [-0.1, -0.05) is 24.1 Å².